The lowest BCUT2D eigenvalue weighted by Crippen LogP contribution is -2.30. The van der Waals surface area contributed by atoms with E-state index in [1.54, 1.807) is 0 Å². The topological polar surface area (TPSA) is 25.5 Å². The second kappa shape index (κ2) is 7.65. The lowest BCUT2D eigenvalue weighted by Gasteiger charge is -2.19. The van der Waals surface area contributed by atoms with Crippen LogP contribution in [-0.2, 0) is 19.9 Å². The van der Waals surface area contributed by atoms with Gasteiger partial charge in [-0.3, -0.25) is 0 Å². The van der Waals surface area contributed by atoms with Crippen molar-refractivity contribution in [2.75, 3.05) is 0 Å². The van der Waals surface area contributed by atoms with Crippen LogP contribution in [0.2, 0.25) is 0 Å². The molecule has 0 bridgehead atoms. The van der Waals surface area contributed by atoms with Gasteiger partial charge in [-0.1, -0.05) is 32.9 Å². The summed E-state index contributed by atoms with van der Waals surface area (Å²) in [6.45, 7) is 23.2. The number of aryl methyl sites for hydroxylation is 3. The van der Waals surface area contributed by atoms with Gasteiger partial charge >= 0.3 is 0 Å². The summed E-state index contributed by atoms with van der Waals surface area (Å²) in [6, 6.07) is 13.7. The molecule has 0 aliphatic rings. The molecule has 186 valence electrons. The maximum Gasteiger partial charge on any atom is 0.287 e. The summed E-state index contributed by atoms with van der Waals surface area (Å²) >= 11 is 0. The molecule has 0 saturated carbocycles. The minimum atomic E-state index is -0.461. The van der Waals surface area contributed by atoms with E-state index < -0.39 is 5.54 Å². The molecule has 6 aromatic rings. The van der Waals surface area contributed by atoms with Crippen molar-refractivity contribution >= 4 is 49.1 Å². The second-order valence-corrected chi connectivity index (χ2v) is 12.8. The highest BCUT2D eigenvalue weighted by Crippen LogP contribution is 2.43. The zero-order valence-corrected chi connectivity index (χ0v) is 23.2. The van der Waals surface area contributed by atoms with Crippen molar-refractivity contribution in [2.24, 2.45) is 12.5 Å². The molecule has 0 unspecified atom stereocenters. The van der Waals surface area contributed by atoms with E-state index in [2.05, 4.69) is 91.9 Å². The van der Waals surface area contributed by atoms with Gasteiger partial charge in [0.15, 0.2) is 5.52 Å². The lowest BCUT2D eigenvalue weighted by atomic mass is 9.86. The van der Waals surface area contributed by atoms with Crippen molar-refractivity contribution in [1.82, 2.24) is 9.38 Å². The fourth-order valence-electron chi connectivity index (χ4n) is 6.30. The first-order valence-corrected chi connectivity index (χ1v) is 13.2. The average Bonchev–Trinajstić information content (AvgIpc) is 3.14. The van der Waals surface area contributed by atoms with E-state index in [-0.39, 0.29) is 5.41 Å². The van der Waals surface area contributed by atoms with Gasteiger partial charge < -0.3 is 9.25 Å². The first-order valence-electron chi connectivity index (χ1n) is 13.2. The molecular weight excluding hydrogens is 452 g/mol. The van der Waals surface area contributed by atoms with E-state index in [1.165, 1.54) is 60.3 Å². The summed E-state index contributed by atoms with van der Waals surface area (Å²) in [5.41, 5.74) is 10.9. The van der Waals surface area contributed by atoms with Crippen LogP contribution in [0.25, 0.3) is 54.0 Å². The third-order valence-electron chi connectivity index (χ3n) is 7.94. The van der Waals surface area contributed by atoms with E-state index >= 15 is 0 Å². The Morgan fingerprint density at radius 2 is 1.70 bits per heavy atom. The Labute approximate surface area is 218 Å². The van der Waals surface area contributed by atoms with Crippen LogP contribution in [0.15, 0.2) is 42.7 Å². The molecule has 3 aromatic carbocycles. The highest BCUT2D eigenvalue weighted by molar-refractivity contribution is 6.26. The normalized spacial score (nSPS) is 13.1. The SMILES string of the molecule is [C-]#[N+]C(C)(C)Cc1cc2nc[n+](C)c3c4c(C)c(C)cc5c6c(CC(C)(C)C)cccc6n(c(c1)c23)c54. The molecule has 0 aliphatic heterocycles. The Hall–Kier alpha value is -3.71. The minimum Gasteiger partial charge on any atom is -0.311 e. The van der Waals surface area contributed by atoms with Gasteiger partial charge in [-0.05, 0) is 77.2 Å². The molecule has 0 spiro atoms. The van der Waals surface area contributed by atoms with Gasteiger partial charge in [-0.25, -0.2) is 11.1 Å². The molecule has 0 saturated heterocycles. The summed E-state index contributed by atoms with van der Waals surface area (Å²) in [7, 11) is 2.11. The molecular formula is C33H35N4+. The van der Waals surface area contributed by atoms with Crippen molar-refractivity contribution in [3.05, 3.63) is 76.4 Å². The molecule has 0 radical (unpaired) electrons. The summed E-state index contributed by atoms with van der Waals surface area (Å²) in [6.07, 6.45) is 3.65. The van der Waals surface area contributed by atoms with Gasteiger partial charge in [-0.2, -0.15) is 0 Å². The molecule has 0 N–H and O–H groups in total. The maximum atomic E-state index is 7.70. The van der Waals surface area contributed by atoms with Crippen LogP contribution < -0.4 is 4.57 Å². The van der Waals surface area contributed by atoms with Crippen LogP contribution in [0.4, 0.5) is 0 Å². The van der Waals surface area contributed by atoms with Gasteiger partial charge in [0.2, 0.25) is 5.54 Å². The predicted molar refractivity (Wildman–Crippen MR) is 155 cm³/mol. The maximum absolute atomic E-state index is 7.70. The third-order valence-corrected chi connectivity index (χ3v) is 7.94. The number of rotatable bonds is 3. The predicted octanol–water partition coefficient (Wildman–Crippen LogP) is 7.66. The number of benzene rings is 3. The monoisotopic (exact) mass is 487 g/mol. The minimum absolute atomic E-state index is 0.184. The van der Waals surface area contributed by atoms with E-state index in [9.17, 15) is 0 Å². The van der Waals surface area contributed by atoms with Crippen molar-refractivity contribution in [1.29, 1.82) is 0 Å². The number of fused-ring (bicyclic) bond motifs is 5. The van der Waals surface area contributed by atoms with Crippen LogP contribution in [0.3, 0.4) is 0 Å². The summed E-state index contributed by atoms with van der Waals surface area (Å²) in [4.78, 5) is 8.79. The molecule has 0 fully saturated rings. The molecule has 0 amide bonds. The van der Waals surface area contributed by atoms with Crippen LogP contribution >= 0.6 is 0 Å². The molecule has 0 atom stereocenters. The first-order chi connectivity index (χ1) is 17.4. The van der Waals surface area contributed by atoms with Crippen molar-refractivity contribution in [2.45, 2.75) is 66.8 Å². The Morgan fingerprint density at radius 1 is 0.946 bits per heavy atom. The highest BCUT2D eigenvalue weighted by atomic mass is 15.0. The highest BCUT2D eigenvalue weighted by Gasteiger charge is 2.29. The molecule has 0 aliphatic carbocycles. The number of hydrogen-bond acceptors (Lipinski definition) is 1. The molecule has 4 nitrogen and oxygen atoms in total. The fourth-order valence-corrected chi connectivity index (χ4v) is 6.30. The molecule has 6 rings (SSSR count). The van der Waals surface area contributed by atoms with Crippen molar-refractivity contribution < 1.29 is 4.57 Å². The zero-order chi connectivity index (χ0) is 26.4. The Balaban J connectivity index is 1.91. The van der Waals surface area contributed by atoms with E-state index in [1.807, 2.05) is 20.2 Å². The van der Waals surface area contributed by atoms with Gasteiger partial charge in [-0.15, -0.1) is 0 Å². The third kappa shape index (κ3) is 3.48. The van der Waals surface area contributed by atoms with Crippen molar-refractivity contribution in [3.8, 4) is 0 Å². The largest absolute Gasteiger partial charge is 0.311 e. The van der Waals surface area contributed by atoms with Crippen LogP contribution in [0, 0.1) is 25.8 Å². The van der Waals surface area contributed by atoms with Gasteiger partial charge in [0, 0.05) is 24.6 Å². The standard InChI is InChI=1S/C33H35N4/c1-19-13-23-28-22(17-32(3,4)5)11-10-12-25(28)37-26-15-21(16-33(6,7)34-8)14-24-29(26)31(36(9)18-35-24)27(20(19)2)30(23)37/h10-15,18H,16-17H2,1-7,9H3/q+1. The summed E-state index contributed by atoms with van der Waals surface area (Å²) in [5.74, 6) is 0. The Morgan fingerprint density at radius 3 is 2.41 bits per heavy atom. The average molecular weight is 488 g/mol. The van der Waals surface area contributed by atoms with Gasteiger partial charge in [0.05, 0.1) is 40.8 Å². The van der Waals surface area contributed by atoms with Crippen molar-refractivity contribution in [3.63, 3.8) is 0 Å². The van der Waals surface area contributed by atoms with Gasteiger partial charge in [0.25, 0.3) is 6.33 Å². The second-order valence-electron chi connectivity index (χ2n) is 12.8. The molecule has 37 heavy (non-hydrogen) atoms. The van der Waals surface area contributed by atoms with Gasteiger partial charge in [0.1, 0.15) is 5.52 Å². The number of pyridine rings is 1. The molecule has 3 heterocycles. The summed E-state index contributed by atoms with van der Waals surface area (Å²) < 4.78 is 4.68. The molecule has 3 aromatic heterocycles. The fraction of sp³-hybridized carbons (Fsp3) is 0.364. The van der Waals surface area contributed by atoms with Crippen LogP contribution in [0.1, 0.15) is 56.9 Å². The first kappa shape index (κ1) is 23.7. The lowest BCUT2D eigenvalue weighted by molar-refractivity contribution is -0.646. The van der Waals surface area contributed by atoms with E-state index in [0.717, 1.165) is 17.5 Å². The quantitative estimate of drug-likeness (QED) is 0.109. The van der Waals surface area contributed by atoms with Crippen LogP contribution in [-0.4, -0.2) is 14.9 Å². The number of aromatic nitrogens is 3. The Kier molecular flexibility index (Phi) is 4.89. The van der Waals surface area contributed by atoms with E-state index in [4.69, 9.17) is 11.6 Å². The number of hydrogen-bond donors (Lipinski definition) is 0. The summed E-state index contributed by atoms with van der Waals surface area (Å²) in [5, 5.41) is 5.19. The molecule has 4 heteroatoms. The Bertz CT molecular complexity index is 1920. The number of nitrogens with zero attached hydrogens (tertiary/aromatic N) is 4. The smallest absolute Gasteiger partial charge is 0.287 e. The zero-order valence-electron chi connectivity index (χ0n) is 23.2. The van der Waals surface area contributed by atoms with E-state index in [0.29, 0.717) is 6.42 Å². The van der Waals surface area contributed by atoms with Crippen LogP contribution in [0.5, 0.6) is 0 Å².